The zero-order valence-electron chi connectivity index (χ0n) is 11.4. The van der Waals surface area contributed by atoms with Gasteiger partial charge in [-0.15, -0.1) is 0 Å². The number of ether oxygens (including phenoxy) is 1. The van der Waals surface area contributed by atoms with Gasteiger partial charge in [0.25, 0.3) is 5.91 Å². The summed E-state index contributed by atoms with van der Waals surface area (Å²) in [7, 11) is -2.85. The van der Waals surface area contributed by atoms with Crippen molar-refractivity contribution in [3.05, 3.63) is 29.3 Å². The third-order valence-electron chi connectivity index (χ3n) is 2.65. The summed E-state index contributed by atoms with van der Waals surface area (Å²) in [5.74, 6) is -3.69. The molecule has 0 spiro atoms. The molecule has 1 amide bonds. The third-order valence-corrected chi connectivity index (χ3v) is 3.58. The van der Waals surface area contributed by atoms with Crippen LogP contribution in [0.5, 0.6) is 0 Å². The van der Waals surface area contributed by atoms with E-state index in [0.29, 0.717) is 31.6 Å². The zero-order chi connectivity index (χ0) is 16.0. The number of sulfonamides is 1. The van der Waals surface area contributed by atoms with E-state index in [4.69, 9.17) is 9.88 Å². The number of methoxy groups -OCH3 is 1. The zero-order valence-corrected chi connectivity index (χ0v) is 12.2. The first-order valence-corrected chi connectivity index (χ1v) is 7.61. The number of hydrogen-bond acceptors (Lipinski definition) is 4. The number of unbranched alkanes of at least 4 members (excludes halogenated alkanes) is 1. The first-order valence-electron chi connectivity index (χ1n) is 6.07. The molecule has 0 unspecified atom stereocenters. The molecular formula is C12H16F2N2O4S. The van der Waals surface area contributed by atoms with Gasteiger partial charge in [0.2, 0.25) is 10.0 Å². The molecule has 21 heavy (non-hydrogen) atoms. The summed E-state index contributed by atoms with van der Waals surface area (Å²) in [6.07, 6.45) is 1.22. The van der Waals surface area contributed by atoms with Crippen LogP contribution in [0.25, 0.3) is 0 Å². The van der Waals surface area contributed by atoms with Gasteiger partial charge in [-0.1, -0.05) is 0 Å². The summed E-state index contributed by atoms with van der Waals surface area (Å²) < 4.78 is 54.6. The van der Waals surface area contributed by atoms with Crippen molar-refractivity contribution in [2.24, 2.45) is 5.14 Å². The summed E-state index contributed by atoms with van der Waals surface area (Å²) in [5, 5.41) is 7.10. The highest BCUT2D eigenvalue weighted by molar-refractivity contribution is 7.89. The molecule has 0 heterocycles. The molecular weight excluding hydrogens is 306 g/mol. The average molecular weight is 322 g/mol. The molecule has 0 fully saturated rings. The molecule has 0 bridgehead atoms. The summed E-state index contributed by atoms with van der Waals surface area (Å²) in [5.41, 5.74) is -0.965. The van der Waals surface area contributed by atoms with Crippen molar-refractivity contribution in [1.82, 2.24) is 5.32 Å². The highest BCUT2D eigenvalue weighted by atomic mass is 32.2. The van der Waals surface area contributed by atoms with Crippen LogP contribution < -0.4 is 10.5 Å². The molecule has 6 nitrogen and oxygen atoms in total. The molecule has 1 rings (SSSR count). The van der Waals surface area contributed by atoms with Gasteiger partial charge < -0.3 is 10.1 Å². The molecule has 0 radical (unpaired) electrons. The van der Waals surface area contributed by atoms with Crippen LogP contribution in [0.1, 0.15) is 23.2 Å². The van der Waals surface area contributed by atoms with Gasteiger partial charge in [0.05, 0.1) is 0 Å². The number of benzene rings is 1. The minimum Gasteiger partial charge on any atom is -0.385 e. The van der Waals surface area contributed by atoms with E-state index in [1.165, 1.54) is 7.11 Å². The fourth-order valence-electron chi connectivity index (χ4n) is 1.62. The van der Waals surface area contributed by atoms with Crippen LogP contribution in [-0.2, 0) is 14.8 Å². The van der Waals surface area contributed by atoms with Gasteiger partial charge in [-0.05, 0) is 25.0 Å². The Morgan fingerprint density at radius 2 is 2.00 bits per heavy atom. The number of nitrogens with two attached hydrogens (primary N) is 1. The largest absolute Gasteiger partial charge is 0.385 e. The monoisotopic (exact) mass is 322 g/mol. The smallest absolute Gasteiger partial charge is 0.257 e. The van der Waals surface area contributed by atoms with E-state index >= 15 is 0 Å². The van der Waals surface area contributed by atoms with E-state index in [2.05, 4.69) is 5.32 Å². The second kappa shape index (κ2) is 7.43. The molecule has 0 aliphatic carbocycles. The number of rotatable bonds is 7. The SMILES string of the molecule is COCCCCNC(=O)c1c(F)ccc(S(N)(=O)=O)c1F. The lowest BCUT2D eigenvalue weighted by molar-refractivity contribution is 0.0942. The van der Waals surface area contributed by atoms with Crippen LogP contribution in [0, 0.1) is 11.6 Å². The standard InChI is InChI=1S/C12H16F2N2O4S/c1-20-7-3-2-6-16-12(17)10-8(13)4-5-9(11(10)14)21(15,18)19/h4-5H,2-3,6-7H2,1H3,(H,16,17)(H2,15,18,19). The van der Waals surface area contributed by atoms with Gasteiger partial charge >= 0.3 is 0 Å². The Labute approximate surface area is 121 Å². The number of carbonyl (C=O) groups is 1. The molecule has 3 N–H and O–H groups in total. The summed E-state index contributed by atoms with van der Waals surface area (Å²) in [4.78, 5) is 10.8. The molecule has 0 aliphatic heterocycles. The van der Waals surface area contributed by atoms with Crippen LogP contribution in [0.4, 0.5) is 8.78 Å². The Morgan fingerprint density at radius 3 is 2.57 bits per heavy atom. The number of amides is 1. The quantitative estimate of drug-likeness (QED) is 0.724. The highest BCUT2D eigenvalue weighted by Gasteiger charge is 2.24. The molecule has 0 aliphatic rings. The van der Waals surface area contributed by atoms with Gasteiger partial charge in [0.15, 0.2) is 5.82 Å². The van der Waals surface area contributed by atoms with Crippen LogP contribution in [0.3, 0.4) is 0 Å². The second-order valence-corrected chi connectivity index (χ2v) is 5.77. The van der Waals surface area contributed by atoms with E-state index in [-0.39, 0.29) is 6.54 Å². The van der Waals surface area contributed by atoms with Crippen molar-refractivity contribution in [3.63, 3.8) is 0 Å². The second-order valence-electron chi connectivity index (χ2n) is 4.24. The maximum atomic E-state index is 13.9. The fraction of sp³-hybridized carbons (Fsp3) is 0.417. The molecule has 0 aromatic heterocycles. The minimum atomic E-state index is -4.38. The molecule has 0 saturated heterocycles. The van der Waals surface area contributed by atoms with Crippen LogP contribution >= 0.6 is 0 Å². The number of hydrogen-bond donors (Lipinski definition) is 2. The van der Waals surface area contributed by atoms with Crippen LogP contribution in [0.2, 0.25) is 0 Å². The first kappa shape index (κ1) is 17.5. The summed E-state index contributed by atoms with van der Waals surface area (Å²) >= 11 is 0. The predicted octanol–water partition coefficient (Wildman–Crippen LogP) is 0.769. The lowest BCUT2D eigenvalue weighted by Crippen LogP contribution is -2.28. The van der Waals surface area contributed by atoms with E-state index in [0.717, 1.165) is 0 Å². The van der Waals surface area contributed by atoms with Gasteiger partial charge in [-0.2, -0.15) is 0 Å². The number of halogens is 2. The van der Waals surface area contributed by atoms with Gasteiger partial charge in [-0.3, -0.25) is 4.79 Å². The summed E-state index contributed by atoms with van der Waals surface area (Å²) in [6, 6.07) is 1.36. The minimum absolute atomic E-state index is 0.181. The van der Waals surface area contributed by atoms with Crippen molar-refractivity contribution in [3.8, 4) is 0 Å². The van der Waals surface area contributed by atoms with E-state index in [9.17, 15) is 22.0 Å². The van der Waals surface area contributed by atoms with E-state index < -0.39 is 38.0 Å². The van der Waals surface area contributed by atoms with Crippen molar-refractivity contribution < 1.29 is 26.7 Å². The van der Waals surface area contributed by atoms with E-state index in [1.807, 2.05) is 0 Å². The first-order chi connectivity index (χ1) is 9.79. The lowest BCUT2D eigenvalue weighted by atomic mass is 10.2. The maximum absolute atomic E-state index is 13.9. The van der Waals surface area contributed by atoms with Crippen molar-refractivity contribution in [2.45, 2.75) is 17.7 Å². The van der Waals surface area contributed by atoms with Gasteiger partial charge in [-0.25, -0.2) is 22.3 Å². The number of carbonyl (C=O) groups excluding carboxylic acids is 1. The Balaban J connectivity index is 2.89. The van der Waals surface area contributed by atoms with Crippen LogP contribution in [0.15, 0.2) is 17.0 Å². The Hall–Kier alpha value is -1.58. The molecule has 118 valence electrons. The normalized spacial score (nSPS) is 11.4. The molecule has 0 atom stereocenters. The predicted molar refractivity (Wildman–Crippen MR) is 71.2 cm³/mol. The number of nitrogens with one attached hydrogen (secondary N) is 1. The Bertz CT molecular complexity index is 620. The van der Waals surface area contributed by atoms with Crippen LogP contribution in [-0.4, -0.2) is 34.6 Å². The molecule has 9 heteroatoms. The molecule has 0 saturated carbocycles. The van der Waals surface area contributed by atoms with Gasteiger partial charge in [0, 0.05) is 20.3 Å². The third kappa shape index (κ3) is 4.73. The fourth-order valence-corrected chi connectivity index (χ4v) is 2.23. The van der Waals surface area contributed by atoms with Crippen molar-refractivity contribution in [2.75, 3.05) is 20.3 Å². The Kier molecular flexibility index (Phi) is 6.19. The maximum Gasteiger partial charge on any atom is 0.257 e. The molecule has 1 aromatic rings. The van der Waals surface area contributed by atoms with E-state index in [1.54, 1.807) is 0 Å². The van der Waals surface area contributed by atoms with Gasteiger partial charge in [0.1, 0.15) is 16.3 Å². The van der Waals surface area contributed by atoms with Crippen molar-refractivity contribution >= 4 is 15.9 Å². The average Bonchev–Trinajstić information content (AvgIpc) is 2.37. The lowest BCUT2D eigenvalue weighted by Gasteiger charge is -2.09. The number of primary sulfonamides is 1. The molecule has 1 aromatic carbocycles. The Morgan fingerprint density at radius 1 is 1.33 bits per heavy atom. The topological polar surface area (TPSA) is 98.5 Å². The highest BCUT2D eigenvalue weighted by Crippen LogP contribution is 2.20. The summed E-state index contributed by atoms with van der Waals surface area (Å²) in [6.45, 7) is 0.681. The van der Waals surface area contributed by atoms with Crippen molar-refractivity contribution in [1.29, 1.82) is 0 Å².